The molecule has 2 heterocycles. The van der Waals surface area contributed by atoms with Gasteiger partial charge in [-0.25, -0.2) is 9.97 Å². The van der Waals surface area contributed by atoms with E-state index in [2.05, 4.69) is 25.6 Å². The zero-order valence-electron chi connectivity index (χ0n) is 15.8. The van der Waals surface area contributed by atoms with E-state index in [0.717, 1.165) is 11.1 Å². The molecule has 1 aromatic carbocycles. The quantitative estimate of drug-likeness (QED) is 0.657. The SMILES string of the molecule is COc1cc(Cl)c(C)cc1Nc1cc(C(=O)NCc2ccncc2)nc(C)n1. The summed E-state index contributed by atoms with van der Waals surface area (Å²) in [6.45, 7) is 4.02. The third-order valence-corrected chi connectivity index (χ3v) is 4.42. The first kappa shape index (κ1) is 19.6. The van der Waals surface area contributed by atoms with Gasteiger partial charge in [0.25, 0.3) is 5.91 Å². The van der Waals surface area contributed by atoms with E-state index in [0.29, 0.717) is 34.6 Å². The molecular formula is C20H20ClN5O2. The third-order valence-electron chi connectivity index (χ3n) is 4.02. The molecule has 2 aromatic heterocycles. The number of halogens is 1. The molecule has 0 fully saturated rings. The Morgan fingerprint density at radius 1 is 1.14 bits per heavy atom. The van der Waals surface area contributed by atoms with Crippen LogP contribution in [0.4, 0.5) is 11.5 Å². The fourth-order valence-electron chi connectivity index (χ4n) is 2.59. The van der Waals surface area contributed by atoms with Crippen LogP contribution in [0.15, 0.2) is 42.7 Å². The maximum absolute atomic E-state index is 12.5. The van der Waals surface area contributed by atoms with Crippen molar-refractivity contribution in [1.29, 1.82) is 0 Å². The molecule has 7 nitrogen and oxygen atoms in total. The van der Waals surface area contributed by atoms with Gasteiger partial charge in [-0.1, -0.05) is 11.6 Å². The van der Waals surface area contributed by atoms with Crippen LogP contribution in [0.2, 0.25) is 5.02 Å². The first-order valence-corrected chi connectivity index (χ1v) is 8.98. The first-order valence-electron chi connectivity index (χ1n) is 8.60. The number of carbonyl (C=O) groups is 1. The highest BCUT2D eigenvalue weighted by Crippen LogP contribution is 2.32. The van der Waals surface area contributed by atoms with Gasteiger partial charge in [-0.05, 0) is 43.2 Å². The Labute approximate surface area is 168 Å². The lowest BCUT2D eigenvalue weighted by atomic mass is 10.2. The summed E-state index contributed by atoms with van der Waals surface area (Å²) in [5.41, 5.74) is 2.82. The van der Waals surface area contributed by atoms with Crippen molar-refractivity contribution < 1.29 is 9.53 Å². The lowest BCUT2D eigenvalue weighted by molar-refractivity contribution is 0.0945. The topological polar surface area (TPSA) is 89.0 Å². The first-order chi connectivity index (χ1) is 13.5. The molecule has 2 N–H and O–H groups in total. The molecule has 3 aromatic rings. The highest BCUT2D eigenvalue weighted by atomic mass is 35.5. The maximum atomic E-state index is 12.5. The Hall–Kier alpha value is -3.19. The van der Waals surface area contributed by atoms with Crippen LogP contribution in [0.3, 0.4) is 0 Å². The van der Waals surface area contributed by atoms with Crippen molar-refractivity contribution >= 4 is 29.0 Å². The summed E-state index contributed by atoms with van der Waals surface area (Å²) in [6, 6.07) is 8.87. The molecular weight excluding hydrogens is 378 g/mol. The molecule has 0 aliphatic rings. The number of carbonyl (C=O) groups excluding carboxylic acids is 1. The van der Waals surface area contributed by atoms with E-state index in [-0.39, 0.29) is 11.6 Å². The number of benzene rings is 1. The van der Waals surface area contributed by atoms with Gasteiger partial charge in [-0.2, -0.15) is 0 Å². The second-order valence-corrected chi connectivity index (χ2v) is 6.56. The molecule has 0 atom stereocenters. The molecule has 0 radical (unpaired) electrons. The van der Waals surface area contributed by atoms with Crippen LogP contribution >= 0.6 is 11.6 Å². The zero-order chi connectivity index (χ0) is 20.1. The number of methoxy groups -OCH3 is 1. The van der Waals surface area contributed by atoms with E-state index < -0.39 is 0 Å². The number of ether oxygens (including phenoxy) is 1. The number of nitrogens with one attached hydrogen (secondary N) is 2. The molecule has 0 saturated carbocycles. The normalized spacial score (nSPS) is 10.4. The molecule has 0 spiro atoms. The Bertz CT molecular complexity index is 995. The van der Waals surface area contributed by atoms with E-state index in [4.69, 9.17) is 16.3 Å². The minimum atomic E-state index is -0.287. The Balaban J connectivity index is 1.80. The minimum Gasteiger partial charge on any atom is -0.495 e. The van der Waals surface area contributed by atoms with Crippen molar-refractivity contribution in [3.63, 3.8) is 0 Å². The van der Waals surface area contributed by atoms with E-state index in [1.807, 2.05) is 25.1 Å². The van der Waals surface area contributed by atoms with E-state index in [1.165, 1.54) is 0 Å². The van der Waals surface area contributed by atoms with Gasteiger partial charge in [0, 0.05) is 36.1 Å². The van der Waals surface area contributed by atoms with Crippen LogP contribution in [-0.2, 0) is 6.54 Å². The summed E-state index contributed by atoms with van der Waals surface area (Å²) >= 11 is 6.15. The van der Waals surface area contributed by atoms with Crippen molar-refractivity contribution in [2.24, 2.45) is 0 Å². The van der Waals surface area contributed by atoms with Crippen molar-refractivity contribution in [3.8, 4) is 5.75 Å². The number of pyridine rings is 1. The number of rotatable bonds is 6. The molecule has 144 valence electrons. The lowest BCUT2D eigenvalue weighted by Crippen LogP contribution is -2.24. The number of aryl methyl sites for hydroxylation is 2. The van der Waals surface area contributed by atoms with Gasteiger partial charge in [-0.15, -0.1) is 0 Å². The van der Waals surface area contributed by atoms with Gasteiger partial charge in [0.05, 0.1) is 12.8 Å². The van der Waals surface area contributed by atoms with Crippen LogP contribution in [-0.4, -0.2) is 28.0 Å². The number of aromatic nitrogens is 3. The van der Waals surface area contributed by atoms with Crippen molar-refractivity contribution in [3.05, 3.63) is 70.4 Å². The van der Waals surface area contributed by atoms with Crippen molar-refractivity contribution in [2.45, 2.75) is 20.4 Å². The van der Waals surface area contributed by atoms with Gasteiger partial charge in [-0.3, -0.25) is 9.78 Å². The van der Waals surface area contributed by atoms with Crippen LogP contribution in [0.1, 0.15) is 27.4 Å². The number of hydrogen-bond acceptors (Lipinski definition) is 6. The summed E-state index contributed by atoms with van der Waals surface area (Å²) in [4.78, 5) is 25.1. The second kappa shape index (κ2) is 8.67. The molecule has 0 bridgehead atoms. The summed E-state index contributed by atoms with van der Waals surface area (Å²) in [5, 5.41) is 6.63. The monoisotopic (exact) mass is 397 g/mol. The number of amides is 1. The predicted octanol–water partition coefficient (Wildman–Crippen LogP) is 3.82. The summed E-state index contributed by atoms with van der Waals surface area (Å²) in [5.74, 6) is 1.26. The predicted molar refractivity (Wildman–Crippen MR) is 108 cm³/mol. The summed E-state index contributed by atoms with van der Waals surface area (Å²) in [6.07, 6.45) is 3.36. The summed E-state index contributed by atoms with van der Waals surface area (Å²) < 4.78 is 5.37. The van der Waals surface area contributed by atoms with E-state index in [1.54, 1.807) is 38.6 Å². The van der Waals surface area contributed by atoms with E-state index in [9.17, 15) is 4.79 Å². The molecule has 8 heteroatoms. The van der Waals surface area contributed by atoms with Gasteiger partial charge in [0.1, 0.15) is 23.1 Å². The van der Waals surface area contributed by atoms with Crippen LogP contribution in [0.5, 0.6) is 5.75 Å². The average molecular weight is 398 g/mol. The van der Waals surface area contributed by atoms with Gasteiger partial charge < -0.3 is 15.4 Å². The molecule has 0 unspecified atom stereocenters. The number of hydrogen-bond donors (Lipinski definition) is 2. The standard InChI is InChI=1S/C20H20ClN5O2/c1-12-8-16(18(28-3)9-15(12)21)26-19-10-17(24-13(2)25-19)20(27)23-11-14-4-6-22-7-5-14/h4-10H,11H2,1-3H3,(H,23,27)(H,24,25,26). The number of nitrogens with zero attached hydrogens (tertiary/aromatic N) is 3. The van der Waals surface area contributed by atoms with E-state index >= 15 is 0 Å². The number of anilines is 2. The largest absolute Gasteiger partial charge is 0.495 e. The van der Waals surface area contributed by atoms with Gasteiger partial charge >= 0.3 is 0 Å². The minimum absolute atomic E-state index is 0.272. The van der Waals surface area contributed by atoms with Crippen LogP contribution in [0.25, 0.3) is 0 Å². The molecule has 0 aliphatic carbocycles. The molecule has 1 amide bonds. The molecule has 0 aliphatic heterocycles. The van der Waals surface area contributed by atoms with Crippen molar-refractivity contribution in [1.82, 2.24) is 20.3 Å². The second-order valence-electron chi connectivity index (χ2n) is 6.15. The Morgan fingerprint density at radius 2 is 1.89 bits per heavy atom. The zero-order valence-corrected chi connectivity index (χ0v) is 16.5. The van der Waals surface area contributed by atoms with Crippen LogP contribution in [0, 0.1) is 13.8 Å². The summed E-state index contributed by atoms with van der Waals surface area (Å²) in [7, 11) is 1.56. The molecule has 0 saturated heterocycles. The molecule has 28 heavy (non-hydrogen) atoms. The molecule has 3 rings (SSSR count). The average Bonchev–Trinajstić information content (AvgIpc) is 2.69. The Morgan fingerprint density at radius 3 is 2.61 bits per heavy atom. The third kappa shape index (κ3) is 4.75. The fourth-order valence-corrected chi connectivity index (χ4v) is 2.74. The highest BCUT2D eigenvalue weighted by molar-refractivity contribution is 6.31. The van der Waals surface area contributed by atoms with Crippen LogP contribution < -0.4 is 15.4 Å². The Kier molecular flexibility index (Phi) is 6.06. The highest BCUT2D eigenvalue weighted by Gasteiger charge is 2.13. The smallest absolute Gasteiger partial charge is 0.270 e. The van der Waals surface area contributed by atoms with Crippen molar-refractivity contribution in [2.75, 3.05) is 12.4 Å². The maximum Gasteiger partial charge on any atom is 0.270 e. The van der Waals surface area contributed by atoms with Gasteiger partial charge in [0.15, 0.2) is 0 Å². The van der Waals surface area contributed by atoms with Gasteiger partial charge in [0.2, 0.25) is 0 Å². The lowest BCUT2D eigenvalue weighted by Gasteiger charge is -2.13. The fraction of sp³-hybridized carbons (Fsp3) is 0.200.